The third kappa shape index (κ3) is 3.68. The molecule has 0 atom stereocenters. The van der Waals surface area contributed by atoms with Crippen molar-refractivity contribution in [3.8, 4) is 5.75 Å². The van der Waals surface area contributed by atoms with Gasteiger partial charge in [-0.3, -0.25) is 0 Å². The van der Waals surface area contributed by atoms with Gasteiger partial charge in [-0.15, -0.1) is 0 Å². The maximum absolute atomic E-state index is 11.4. The summed E-state index contributed by atoms with van der Waals surface area (Å²) in [5.41, 5.74) is 6.57. The van der Waals surface area contributed by atoms with E-state index in [0.29, 0.717) is 5.75 Å². The molecule has 0 saturated carbocycles. The molecule has 2 aromatic rings. The van der Waals surface area contributed by atoms with E-state index in [0.717, 1.165) is 3.57 Å². The molecule has 4 nitrogen and oxygen atoms in total. The number of nitrogens with zero attached hydrogens (tertiary/aromatic N) is 1. The van der Waals surface area contributed by atoms with Crippen molar-refractivity contribution in [2.24, 2.45) is 5.73 Å². The molecule has 0 unspecified atom stereocenters. The van der Waals surface area contributed by atoms with Crippen LogP contribution in [-0.4, -0.2) is 26.6 Å². The van der Waals surface area contributed by atoms with Crippen LogP contribution >= 0.6 is 22.6 Å². The summed E-state index contributed by atoms with van der Waals surface area (Å²) in [5.74, 6) is 0.646. The summed E-state index contributed by atoms with van der Waals surface area (Å²) >= 11 is 2.26. The van der Waals surface area contributed by atoms with Gasteiger partial charge in [0, 0.05) is 10.9 Å². The quantitative estimate of drug-likeness (QED) is 0.483. The lowest BCUT2D eigenvalue weighted by Crippen LogP contribution is -2.45. The number of rotatable bonds is 3. The average Bonchev–Trinajstić information content (AvgIpc) is 2.79. The Hall–Kier alpha value is -0.806. The molecular formula is C18H29IN2O2Si2. The minimum atomic E-state index is -1.77. The molecule has 2 rings (SSSR count). The first kappa shape index (κ1) is 20.5. The van der Waals surface area contributed by atoms with Crippen molar-refractivity contribution >= 4 is 61.1 Å². The normalized spacial score (nSPS) is 13.3. The number of fused-ring (bicyclic) bond motifs is 1. The van der Waals surface area contributed by atoms with E-state index in [4.69, 9.17) is 10.5 Å². The lowest BCUT2D eigenvalue weighted by molar-refractivity contribution is 0.211. The molecule has 25 heavy (non-hydrogen) atoms. The van der Waals surface area contributed by atoms with Crippen LogP contribution in [0.4, 0.5) is 4.79 Å². The fraction of sp³-hybridized carbons (Fsp3) is 0.500. The summed E-state index contributed by atoms with van der Waals surface area (Å²) in [7, 11) is -3.52. The van der Waals surface area contributed by atoms with Crippen molar-refractivity contribution in [2.45, 2.75) is 58.5 Å². The number of benzene rings is 1. The Bertz CT molecular complexity index is 830. The third-order valence-electron chi connectivity index (χ3n) is 5.29. The van der Waals surface area contributed by atoms with Crippen molar-refractivity contribution < 1.29 is 9.53 Å². The largest absolute Gasteiger partial charge is 0.409 e. The second-order valence-corrected chi connectivity index (χ2v) is 20.4. The Kier molecular flexibility index (Phi) is 5.26. The summed E-state index contributed by atoms with van der Waals surface area (Å²) in [5, 5.41) is 2.60. The van der Waals surface area contributed by atoms with Gasteiger partial charge < -0.3 is 14.7 Å². The van der Waals surface area contributed by atoms with Crippen molar-refractivity contribution in [3.05, 3.63) is 21.9 Å². The van der Waals surface area contributed by atoms with Crippen LogP contribution in [-0.2, 0) is 0 Å². The maximum atomic E-state index is 11.4. The fourth-order valence-corrected chi connectivity index (χ4v) is 7.80. The van der Waals surface area contributed by atoms with E-state index < -0.39 is 22.4 Å². The highest BCUT2D eigenvalue weighted by Crippen LogP contribution is 2.40. The molecule has 0 fully saturated rings. The highest BCUT2D eigenvalue weighted by molar-refractivity contribution is 14.1. The molecule has 0 radical (unpaired) electrons. The summed E-state index contributed by atoms with van der Waals surface area (Å²) < 4.78 is 8.87. The number of nitrogens with two attached hydrogens (primary N) is 1. The van der Waals surface area contributed by atoms with Crippen LogP contribution in [0, 0.1) is 3.57 Å². The SMILES string of the molecule is CC(C)(C)[Si](C)(C)n1ccc2c([Si](C)(C)C)c(OC(N)=O)c(I)cc21. The number of halogens is 1. The second-order valence-electron chi connectivity index (χ2n) is 9.16. The average molecular weight is 489 g/mol. The van der Waals surface area contributed by atoms with Gasteiger partial charge >= 0.3 is 6.09 Å². The molecule has 0 aliphatic heterocycles. The molecule has 0 bridgehead atoms. The third-order valence-corrected chi connectivity index (χ3v) is 13.4. The van der Waals surface area contributed by atoms with Gasteiger partial charge in [0.15, 0.2) is 8.24 Å². The van der Waals surface area contributed by atoms with Crippen LogP contribution in [0.15, 0.2) is 18.3 Å². The first-order valence-corrected chi connectivity index (χ1v) is 16.0. The van der Waals surface area contributed by atoms with Gasteiger partial charge in [0.2, 0.25) is 0 Å². The summed E-state index contributed by atoms with van der Waals surface area (Å²) in [4.78, 5) is 11.4. The maximum Gasteiger partial charge on any atom is 0.409 e. The van der Waals surface area contributed by atoms with Gasteiger partial charge in [-0.1, -0.05) is 53.5 Å². The molecule has 7 heteroatoms. The number of carbonyl (C=O) groups excluding carboxylic acids is 1. The Morgan fingerprint density at radius 2 is 1.76 bits per heavy atom. The number of hydrogen-bond donors (Lipinski definition) is 1. The standard InChI is InChI=1S/C18H29IN2O2Si2/c1-18(2,3)25(7,8)21-10-9-12-14(21)11-13(19)15(23-17(20)22)16(12)24(4,5)6/h9-11H,1-8H3,(H2,20,22). The van der Waals surface area contributed by atoms with Crippen LogP contribution in [0.1, 0.15) is 20.8 Å². The first-order valence-electron chi connectivity index (χ1n) is 8.49. The highest BCUT2D eigenvalue weighted by atomic mass is 127. The molecule has 1 aromatic carbocycles. The molecule has 138 valence electrons. The van der Waals surface area contributed by atoms with Gasteiger partial charge in [-0.25, -0.2) is 4.79 Å². The van der Waals surface area contributed by atoms with E-state index >= 15 is 0 Å². The minimum Gasteiger partial charge on any atom is -0.409 e. The van der Waals surface area contributed by atoms with E-state index in [2.05, 4.69) is 98.7 Å². The fourth-order valence-electron chi connectivity index (χ4n) is 3.02. The Morgan fingerprint density at radius 1 is 1.20 bits per heavy atom. The zero-order valence-corrected chi connectivity index (χ0v) is 20.6. The number of ether oxygens (including phenoxy) is 1. The Morgan fingerprint density at radius 3 is 2.20 bits per heavy atom. The Labute approximate surface area is 166 Å². The molecule has 1 amide bonds. The van der Waals surface area contributed by atoms with E-state index in [1.54, 1.807) is 0 Å². The summed E-state index contributed by atoms with van der Waals surface area (Å²) in [6, 6.07) is 4.33. The smallest absolute Gasteiger partial charge is 0.409 e. The molecule has 1 heterocycles. The van der Waals surface area contributed by atoms with Crippen LogP contribution in [0.5, 0.6) is 5.75 Å². The molecule has 1 aromatic heterocycles. The number of amides is 1. The van der Waals surface area contributed by atoms with E-state index in [9.17, 15) is 4.79 Å². The Balaban J connectivity index is 2.89. The number of aromatic nitrogens is 1. The predicted octanol–water partition coefficient (Wildman–Crippen LogP) is 5.10. The van der Waals surface area contributed by atoms with Crippen molar-refractivity contribution in [1.82, 2.24) is 4.23 Å². The molecular weight excluding hydrogens is 459 g/mol. The van der Waals surface area contributed by atoms with Crippen LogP contribution < -0.4 is 15.7 Å². The zero-order chi connectivity index (χ0) is 19.4. The summed E-state index contributed by atoms with van der Waals surface area (Å²) in [6.07, 6.45) is 1.47. The van der Waals surface area contributed by atoms with E-state index in [1.165, 1.54) is 16.1 Å². The van der Waals surface area contributed by atoms with Crippen molar-refractivity contribution in [3.63, 3.8) is 0 Å². The molecule has 0 saturated heterocycles. The number of primary amides is 1. The molecule has 0 spiro atoms. The first-order chi connectivity index (χ1) is 11.2. The predicted molar refractivity (Wildman–Crippen MR) is 120 cm³/mol. The molecule has 2 N–H and O–H groups in total. The van der Waals surface area contributed by atoms with Gasteiger partial charge in [0.1, 0.15) is 5.75 Å². The molecule has 0 aliphatic rings. The zero-order valence-electron chi connectivity index (χ0n) is 16.5. The number of carbonyl (C=O) groups is 1. The van der Waals surface area contributed by atoms with Gasteiger partial charge in [0.25, 0.3) is 0 Å². The van der Waals surface area contributed by atoms with Gasteiger partial charge in [-0.2, -0.15) is 0 Å². The molecule has 0 aliphatic carbocycles. The van der Waals surface area contributed by atoms with Crippen molar-refractivity contribution in [2.75, 3.05) is 0 Å². The van der Waals surface area contributed by atoms with Crippen LogP contribution in [0.2, 0.25) is 37.8 Å². The lowest BCUT2D eigenvalue weighted by Gasteiger charge is -2.38. The highest BCUT2D eigenvalue weighted by Gasteiger charge is 2.39. The van der Waals surface area contributed by atoms with Gasteiger partial charge in [0.05, 0.1) is 11.6 Å². The topological polar surface area (TPSA) is 57.2 Å². The number of hydrogen-bond acceptors (Lipinski definition) is 2. The van der Waals surface area contributed by atoms with Crippen molar-refractivity contribution in [1.29, 1.82) is 0 Å². The monoisotopic (exact) mass is 488 g/mol. The lowest BCUT2D eigenvalue weighted by atomic mass is 10.2. The minimum absolute atomic E-state index is 0.228. The van der Waals surface area contributed by atoms with Crippen LogP contribution in [0.3, 0.4) is 0 Å². The summed E-state index contributed by atoms with van der Waals surface area (Å²) in [6.45, 7) is 18.6. The second kappa shape index (κ2) is 6.42. The van der Waals surface area contributed by atoms with Crippen LogP contribution in [0.25, 0.3) is 10.9 Å². The van der Waals surface area contributed by atoms with E-state index in [1.807, 2.05) is 0 Å². The van der Waals surface area contributed by atoms with Gasteiger partial charge in [-0.05, 0) is 51.1 Å². The van der Waals surface area contributed by atoms with E-state index in [-0.39, 0.29) is 5.04 Å².